The van der Waals surface area contributed by atoms with E-state index >= 15 is 0 Å². The van der Waals surface area contributed by atoms with Crippen LogP contribution in [0.15, 0.2) is 13.6 Å². The zero-order valence-electron chi connectivity index (χ0n) is 17.9. The maximum atomic E-state index is 12.6. The molecule has 0 bridgehead atoms. The topological polar surface area (TPSA) is 139 Å². The van der Waals surface area contributed by atoms with Crippen molar-refractivity contribution in [3.05, 3.63) is 22.1 Å². The van der Waals surface area contributed by atoms with Gasteiger partial charge in [-0.05, 0) is 32.5 Å². The van der Waals surface area contributed by atoms with E-state index in [1.54, 1.807) is 13.8 Å². The molecule has 0 aliphatic heterocycles. The number of ketones is 1. The Hall–Kier alpha value is -2.21. The number of Topliss-reactive ketones (excluding diaryl/α,β-unsaturated/α-hetero) is 1. The minimum absolute atomic E-state index is 0.0231. The smallest absolute Gasteiger partial charge is 0.457 e. The van der Waals surface area contributed by atoms with Gasteiger partial charge >= 0.3 is 23.1 Å². The van der Waals surface area contributed by atoms with Crippen LogP contribution in [-0.2, 0) is 35.2 Å². The van der Waals surface area contributed by atoms with Gasteiger partial charge in [-0.15, -0.1) is 0 Å². The summed E-state index contributed by atoms with van der Waals surface area (Å²) >= 11 is 4.70. The summed E-state index contributed by atoms with van der Waals surface area (Å²) in [7, 11) is 0. The lowest BCUT2D eigenvalue weighted by atomic mass is 9.97. The summed E-state index contributed by atoms with van der Waals surface area (Å²) in [5, 5.41) is -0.801. The van der Waals surface area contributed by atoms with Crippen molar-refractivity contribution < 1.29 is 42.2 Å². The molecule has 0 saturated carbocycles. The molecule has 0 radical (unpaired) electrons. The Bertz CT molecular complexity index is 852. The minimum atomic E-state index is -1.21. The highest BCUT2D eigenvalue weighted by molar-refractivity contribution is 8.15. The lowest BCUT2D eigenvalue weighted by Crippen LogP contribution is -2.34. The average molecular weight is 479 g/mol. The first-order valence-electron chi connectivity index (χ1n) is 9.30. The van der Waals surface area contributed by atoms with Crippen LogP contribution in [0.2, 0.25) is 0 Å². The number of esters is 2. The quantitative estimate of drug-likeness (QED) is 0.285. The largest absolute Gasteiger partial charge is 0.519 e. The molecule has 0 fully saturated rings. The van der Waals surface area contributed by atoms with Gasteiger partial charge in [-0.1, -0.05) is 13.8 Å². The molecular weight excluding hydrogens is 452 g/mol. The van der Waals surface area contributed by atoms with Crippen molar-refractivity contribution in [1.29, 1.82) is 0 Å². The summed E-state index contributed by atoms with van der Waals surface area (Å²) in [5.74, 6) is -3.51. The van der Waals surface area contributed by atoms with Gasteiger partial charge in [-0.2, -0.15) is 12.6 Å². The van der Waals surface area contributed by atoms with Gasteiger partial charge in [-0.25, -0.2) is 9.59 Å². The van der Waals surface area contributed by atoms with Crippen molar-refractivity contribution in [3.63, 3.8) is 0 Å². The first kappa shape index (κ1) is 26.8. The monoisotopic (exact) mass is 478 g/mol. The number of aryl methyl sites for hydroxylation is 1. The molecule has 1 aromatic rings. The number of rotatable bonds is 11. The van der Waals surface area contributed by atoms with E-state index in [0.29, 0.717) is 11.8 Å². The van der Waals surface area contributed by atoms with Gasteiger partial charge < -0.3 is 23.0 Å². The second-order valence-electron chi connectivity index (χ2n) is 7.29. The Labute approximate surface area is 188 Å². The van der Waals surface area contributed by atoms with E-state index in [4.69, 9.17) is 18.6 Å². The molecule has 31 heavy (non-hydrogen) atoms. The summed E-state index contributed by atoms with van der Waals surface area (Å²) in [6.45, 7) is 6.88. The highest BCUT2D eigenvalue weighted by atomic mass is 32.2. The number of hydrogen-bond acceptors (Lipinski definition) is 12. The van der Waals surface area contributed by atoms with Crippen LogP contribution in [-0.4, -0.2) is 40.3 Å². The predicted molar refractivity (Wildman–Crippen MR) is 113 cm³/mol. The fourth-order valence-corrected chi connectivity index (χ4v) is 3.05. The lowest BCUT2D eigenvalue weighted by molar-refractivity contribution is -0.155. The van der Waals surface area contributed by atoms with Crippen molar-refractivity contribution in [2.45, 2.75) is 52.4 Å². The Morgan fingerprint density at radius 3 is 2.23 bits per heavy atom. The third-order valence-electron chi connectivity index (χ3n) is 4.03. The van der Waals surface area contributed by atoms with Crippen LogP contribution in [0.25, 0.3) is 0 Å². The molecule has 10 nitrogen and oxygen atoms in total. The van der Waals surface area contributed by atoms with Crippen molar-refractivity contribution >= 4 is 47.4 Å². The Morgan fingerprint density at radius 2 is 1.71 bits per heavy atom. The molecule has 1 aromatic heterocycles. The van der Waals surface area contributed by atoms with Crippen LogP contribution in [0.3, 0.4) is 0 Å². The molecule has 0 amide bonds. The van der Waals surface area contributed by atoms with Gasteiger partial charge in [0.1, 0.15) is 5.78 Å². The van der Waals surface area contributed by atoms with Crippen LogP contribution in [0.5, 0.6) is 0 Å². The van der Waals surface area contributed by atoms with E-state index in [-0.39, 0.29) is 36.2 Å². The molecule has 0 aliphatic rings. The van der Waals surface area contributed by atoms with E-state index in [1.807, 2.05) is 0 Å². The molecule has 1 rings (SSSR count). The lowest BCUT2D eigenvalue weighted by Gasteiger charge is -2.23. The Balaban J connectivity index is 2.56. The van der Waals surface area contributed by atoms with Crippen LogP contribution < -0.4 is 5.82 Å². The molecular formula is C19H26O10S2. The third-order valence-corrected chi connectivity index (χ3v) is 5.49. The molecule has 0 saturated heterocycles. The Kier molecular flexibility index (Phi) is 10.4. The normalized spacial score (nSPS) is 12.4. The van der Waals surface area contributed by atoms with Crippen molar-refractivity contribution in [1.82, 2.24) is 0 Å². The number of hydrogen-bond donors (Lipinski definition) is 1. The average Bonchev–Trinajstić information content (AvgIpc) is 3.00. The van der Waals surface area contributed by atoms with Crippen LogP contribution in [0.1, 0.15) is 45.6 Å². The predicted octanol–water partition coefficient (Wildman–Crippen LogP) is 2.89. The molecule has 1 atom stereocenters. The molecule has 0 aromatic carbocycles. The highest BCUT2D eigenvalue weighted by Crippen LogP contribution is 2.30. The van der Waals surface area contributed by atoms with E-state index < -0.39 is 46.3 Å². The van der Waals surface area contributed by atoms with Crippen molar-refractivity contribution in [2.75, 3.05) is 12.5 Å². The maximum absolute atomic E-state index is 12.6. The molecule has 174 valence electrons. The molecule has 0 spiro atoms. The van der Waals surface area contributed by atoms with Gasteiger partial charge in [0.2, 0.25) is 6.79 Å². The van der Waals surface area contributed by atoms with Gasteiger partial charge in [0.05, 0.1) is 16.6 Å². The minimum Gasteiger partial charge on any atom is -0.457 e. The summed E-state index contributed by atoms with van der Waals surface area (Å²) in [5.41, 5.74) is 0. The molecule has 0 N–H and O–H groups in total. The first-order valence-corrected chi connectivity index (χ1v) is 10.7. The molecule has 12 heteroatoms. The SMILES string of the molecule is Cc1oc(=O)oc1COC(=O)[C@H](CS)CC(=O)C(C)(C)SC(=O)OCOC(=O)C(C)C. The third kappa shape index (κ3) is 8.82. The van der Waals surface area contributed by atoms with E-state index in [9.17, 15) is 24.0 Å². The van der Waals surface area contributed by atoms with Gasteiger partial charge in [0.25, 0.3) is 0 Å². The van der Waals surface area contributed by atoms with Crippen molar-refractivity contribution in [3.8, 4) is 0 Å². The second-order valence-corrected chi connectivity index (χ2v) is 9.21. The van der Waals surface area contributed by atoms with Gasteiger partial charge in [0, 0.05) is 12.2 Å². The zero-order chi connectivity index (χ0) is 23.8. The van der Waals surface area contributed by atoms with Gasteiger partial charge in [-0.3, -0.25) is 14.4 Å². The highest BCUT2D eigenvalue weighted by Gasteiger charge is 2.35. The molecule has 1 heterocycles. The van der Waals surface area contributed by atoms with Crippen LogP contribution >= 0.6 is 24.4 Å². The number of thioether (sulfide) groups is 1. The van der Waals surface area contributed by atoms with Gasteiger partial charge in [0.15, 0.2) is 18.1 Å². The Morgan fingerprint density at radius 1 is 1.06 bits per heavy atom. The standard InChI is InChI=1S/C19H26O10S2/c1-10(2)15(21)26-9-27-18(24)31-19(4,5)14(20)6-12(8-30)16(22)25-7-13-11(3)28-17(23)29-13/h10,12,30H,6-9H2,1-5H3/t12-/m0/s1. The first-order chi connectivity index (χ1) is 14.4. The van der Waals surface area contributed by atoms with E-state index in [0.717, 1.165) is 0 Å². The second kappa shape index (κ2) is 12.0. The number of thiol groups is 1. The van der Waals surface area contributed by atoms with Crippen LogP contribution in [0.4, 0.5) is 4.79 Å². The summed E-state index contributed by atoms with van der Waals surface area (Å²) in [4.78, 5) is 59.2. The number of carbonyl (C=O) groups excluding carboxylic acids is 4. The maximum Gasteiger partial charge on any atom is 0.519 e. The summed E-state index contributed by atoms with van der Waals surface area (Å²) in [6, 6.07) is 0. The zero-order valence-corrected chi connectivity index (χ0v) is 19.6. The summed E-state index contributed by atoms with van der Waals surface area (Å²) in [6.07, 6.45) is -0.230. The van der Waals surface area contributed by atoms with E-state index in [2.05, 4.69) is 17.0 Å². The molecule has 0 aliphatic carbocycles. The number of ether oxygens (including phenoxy) is 3. The van der Waals surface area contributed by atoms with Crippen molar-refractivity contribution in [2.24, 2.45) is 11.8 Å². The number of carbonyl (C=O) groups is 4. The fourth-order valence-electron chi connectivity index (χ4n) is 2.05. The fraction of sp³-hybridized carbons (Fsp3) is 0.632. The van der Waals surface area contributed by atoms with Crippen LogP contribution in [0, 0.1) is 18.8 Å². The molecule has 0 unspecified atom stereocenters. The van der Waals surface area contributed by atoms with E-state index in [1.165, 1.54) is 20.8 Å². The summed E-state index contributed by atoms with van der Waals surface area (Å²) < 4.78 is 22.8.